The van der Waals surface area contributed by atoms with Crippen molar-refractivity contribution in [3.63, 3.8) is 0 Å². The standard InChI is InChI=1S/C25H23F3N2O5/c1-3-4-13-20(21(31)30-24(2,22(32)33)25(26,27)28)29-23(34)35-14-19-17-11-7-5-9-15(17)16-10-6-8-12-18(16)19/h5-12,19-20H,13-14H2,1-2H3,(H,29,34)(H,30,31)(H,32,33). The van der Waals surface area contributed by atoms with Crippen molar-refractivity contribution in [1.29, 1.82) is 0 Å². The van der Waals surface area contributed by atoms with E-state index in [0.717, 1.165) is 22.3 Å². The Labute approximate surface area is 199 Å². The van der Waals surface area contributed by atoms with E-state index >= 15 is 0 Å². The lowest BCUT2D eigenvalue weighted by atomic mass is 9.98. The first kappa shape index (κ1) is 25.6. The van der Waals surface area contributed by atoms with E-state index in [1.807, 2.05) is 48.5 Å². The largest absolute Gasteiger partial charge is 0.479 e. The predicted molar refractivity (Wildman–Crippen MR) is 120 cm³/mol. The molecule has 0 aliphatic heterocycles. The lowest BCUT2D eigenvalue weighted by Crippen LogP contribution is -2.64. The molecule has 7 nitrogen and oxygen atoms in total. The Balaban J connectivity index is 1.72. The number of aliphatic carboxylic acids is 1. The number of alkyl carbamates (subject to hydrolysis) is 1. The van der Waals surface area contributed by atoms with Gasteiger partial charge in [-0.2, -0.15) is 13.2 Å². The van der Waals surface area contributed by atoms with Crippen LogP contribution in [0.1, 0.15) is 37.3 Å². The van der Waals surface area contributed by atoms with Crippen molar-refractivity contribution < 1.29 is 37.4 Å². The smallest absolute Gasteiger partial charge is 0.422 e. The fourth-order valence-corrected chi connectivity index (χ4v) is 3.77. The minimum Gasteiger partial charge on any atom is -0.479 e. The van der Waals surface area contributed by atoms with E-state index in [2.05, 4.69) is 17.2 Å². The summed E-state index contributed by atoms with van der Waals surface area (Å²) < 4.78 is 45.2. The first-order valence-corrected chi connectivity index (χ1v) is 10.6. The van der Waals surface area contributed by atoms with Crippen molar-refractivity contribution in [2.75, 3.05) is 6.61 Å². The number of ether oxygens (including phenoxy) is 1. The van der Waals surface area contributed by atoms with E-state index in [4.69, 9.17) is 9.84 Å². The predicted octanol–water partition coefficient (Wildman–Crippen LogP) is 3.83. The summed E-state index contributed by atoms with van der Waals surface area (Å²) in [6.45, 7) is 1.69. The van der Waals surface area contributed by atoms with Gasteiger partial charge in [-0.3, -0.25) is 4.79 Å². The Bertz CT molecular complexity index is 1160. The first-order valence-electron chi connectivity index (χ1n) is 10.6. The number of alkyl halides is 3. The molecule has 2 amide bonds. The van der Waals surface area contributed by atoms with Crippen LogP contribution in [0.3, 0.4) is 0 Å². The highest BCUT2D eigenvalue weighted by atomic mass is 19.4. The first-order chi connectivity index (χ1) is 16.5. The second-order valence-electron chi connectivity index (χ2n) is 8.07. The number of carboxylic acids is 1. The minimum absolute atomic E-state index is 0.0803. The summed E-state index contributed by atoms with van der Waals surface area (Å²) in [5, 5.41) is 12.7. The van der Waals surface area contributed by atoms with Crippen LogP contribution in [-0.4, -0.2) is 47.4 Å². The summed E-state index contributed by atoms with van der Waals surface area (Å²) in [7, 11) is 0. The number of halogens is 3. The Morgan fingerprint density at radius 2 is 1.60 bits per heavy atom. The van der Waals surface area contributed by atoms with Crippen LogP contribution in [0.4, 0.5) is 18.0 Å². The Morgan fingerprint density at radius 1 is 1.06 bits per heavy atom. The average molecular weight is 488 g/mol. The highest BCUT2D eigenvalue weighted by Gasteiger charge is 2.58. The van der Waals surface area contributed by atoms with E-state index in [0.29, 0.717) is 6.92 Å². The van der Waals surface area contributed by atoms with Gasteiger partial charge in [-0.05, 0) is 36.1 Å². The molecule has 0 aromatic heterocycles. The Hall–Kier alpha value is -4.00. The van der Waals surface area contributed by atoms with Gasteiger partial charge < -0.3 is 20.5 Å². The molecule has 0 saturated carbocycles. The van der Waals surface area contributed by atoms with E-state index in [-0.39, 0.29) is 18.9 Å². The lowest BCUT2D eigenvalue weighted by Gasteiger charge is -2.30. The molecule has 2 aromatic carbocycles. The molecule has 2 atom stereocenters. The molecule has 3 rings (SSSR count). The average Bonchev–Trinajstić information content (AvgIpc) is 3.13. The van der Waals surface area contributed by atoms with Gasteiger partial charge >= 0.3 is 18.2 Å². The van der Waals surface area contributed by atoms with Gasteiger partial charge in [0.1, 0.15) is 12.6 Å². The number of rotatable bonds is 7. The van der Waals surface area contributed by atoms with Crippen molar-refractivity contribution >= 4 is 18.0 Å². The van der Waals surface area contributed by atoms with Gasteiger partial charge in [0.2, 0.25) is 11.4 Å². The SMILES string of the molecule is CC#CCC(NC(=O)OCC1c2ccccc2-c2ccccc21)C(=O)NC(C)(C(=O)O)C(F)(F)F. The number of hydrogen-bond acceptors (Lipinski definition) is 4. The highest BCUT2D eigenvalue weighted by molar-refractivity contribution is 5.92. The molecule has 184 valence electrons. The zero-order chi connectivity index (χ0) is 25.8. The second-order valence-corrected chi connectivity index (χ2v) is 8.07. The zero-order valence-corrected chi connectivity index (χ0v) is 18.9. The summed E-state index contributed by atoms with van der Waals surface area (Å²) in [6, 6.07) is 13.7. The van der Waals surface area contributed by atoms with Crippen molar-refractivity contribution in [3.8, 4) is 23.0 Å². The van der Waals surface area contributed by atoms with Gasteiger partial charge in [-0.1, -0.05) is 48.5 Å². The fourth-order valence-electron chi connectivity index (χ4n) is 3.77. The number of fused-ring (bicyclic) bond motifs is 3. The van der Waals surface area contributed by atoms with E-state index in [1.54, 1.807) is 0 Å². The molecular formula is C25H23F3N2O5. The van der Waals surface area contributed by atoms with Gasteiger partial charge in [0, 0.05) is 12.3 Å². The van der Waals surface area contributed by atoms with Crippen LogP contribution in [-0.2, 0) is 14.3 Å². The number of nitrogens with one attached hydrogen (secondary N) is 2. The highest BCUT2D eigenvalue weighted by Crippen LogP contribution is 2.44. The summed E-state index contributed by atoms with van der Waals surface area (Å²) in [6.07, 6.45) is -6.67. The number of carbonyl (C=O) groups excluding carboxylic acids is 2. The van der Waals surface area contributed by atoms with E-state index in [1.165, 1.54) is 12.2 Å². The van der Waals surface area contributed by atoms with Crippen LogP contribution in [0.15, 0.2) is 48.5 Å². The normalized spacial score (nSPS) is 14.9. The van der Waals surface area contributed by atoms with Crippen LogP contribution in [0.25, 0.3) is 11.1 Å². The minimum atomic E-state index is -5.28. The molecule has 1 aliphatic carbocycles. The van der Waals surface area contributed by atoms with E-state index < -0.39 is 35.7 Å². The van der Waals surface area contributed by atoms with Crippen LogP contribution in [0.5, 0.6) is 0 Å². The second kappa shape index (κ2) is 10.1. The maximum absolute atomic E-state index is 13.3. The molecule has 0 fully saturated rings. The quantitative estimate of drug-likeness (QED) is 0.514. The third-order valence-corrected chi connectivity index (χ3v) is 5.80. The maximum atomic E-state index is 13.3. The Morgan fingerprint density at radius 3 is 2.09 bits per heavy atom. The molecule has 2 aromatic rings. The van der Waals surface area contributed by atoms with E-state index in [9.17, 15) is 27.6 Å². The monoisotopic (exact) mass is 488 g/mol. The fraction of sp³-hybridized carbons (Fsp3) is 0.320. The Kier molecular flexibility index (Phi) is 7.39. The van der Waals surface area contributed by atoms with Gasteiger partial charge in [-0.15, -0.1) is 11.8 Å². The summed E-state index contributed by atoms with van der Waals surface area (Å²) in [4.78, 5) is 36.3. The number of benzene rings is 2. The van der Waals surface area contributed by atoms with Crippen molar-refractivity contribution in [1.82, 2.24) is 10.6 Å². The van der Waals surface area contributed by atoms with Crippen molar-refractivity contribution in [3.05, 3.63) is 59.7 Å². The molecule has 35 heavy (non-hydrogen) atoms. The molecule has 0 saturated heterocycles. The number of hydrogen-bond donors (Lipinski definition) is 3. The lowest BCUT2D eigenvalue weighted by molar-refractivity contribution is -0.207. The molecule has 1 aliphatic rings. The van der Waals surface area contributed by atoms with Crippen LogP contribution >= 0.6 is 0 Å². The van der Waals surface area contributed by atoms with Gasteiger partial charge in [0.05, 0.1) is 0 Å². The molecule has 0 spiro atoms. The van der Waals surface area contributed by atoms with Gasteiger partial charge in [0.15, 0.2) is 0 Å². The summed E-state index contributed by atoms with van der Waals surface area (Å²) >= 11 is 0. The maximum Gasteiger partial charge on any atom is 0.422 e. The number of carboxylic acid groups (broad SMARTS) is 1. The summed E-state index contributed by atoms with van der Waals surface area (Å²) in [5.74, 6) is 1.07. The molecular weight excluding hydrogens is 465 g/mol. The molecule has 0 bridgehead atoms. The zero-order valence-electron chi connectivity index (χ0n) is 18.9. The van der Waals surface area contributed by atoms with Gasteiger partial charge in [-0.25, -0.2) is 9.59 Å². The molecule has 0 heterocycles. The number of carbonyl (C=O) groups is 3. The third kappa shape index (κ3) is 5.24. The van der Waals surface area contributed by atoms with Crippen LogP contribution < -0.4 is 10.6 Å². The van der Waals surface area contributed by atoms with Crippen LogP contribution in [0, 0.1) is 11.8 Å². The molecule has 2 unspecified atom stereocenters. The molecule has 10 heteroatoms. The molecule has 0 radical (unpaired) electrons. The van der Waals surface area contributed by atoms with Crippen molar-refractivity contribution in [2.24, 2.45) is 0 Å². The molecule has 3 N–H and O–H groups in total. The van der Waals surface area contributed by atoms with Crippen LogP contribution in [0.2, 0.25) is 0 Å². The summed E-state index contributed by atoms with van der Waals surface area (Å²) in [5.41, 5.74) is 0.371. The van der Waals surface area contributed by atoms with Gasteiger partial charge in [0.25, 0.3) is 0 Å². The third-order valence-electron chi connectivity index (χ3n) is 5.80. The number of amides is 2. The van der Waals surface area contributed by atoms with Crippen molar-refractivity contribution in [2.45, 2.75) is 43.9 Å². The topological polar surface area (TPSA) is 105 Å².